The Bertz CT molecular complexity index is 220. The molecule has 1 aromatic heterocycles. The Labute approximate surface area is 62.0 Å². The number of hydrogen-bond acceptors (Lipinski definition) is 3. The Balaban J connectivity index is 3.17. The summed E-state index contributed by atoms with van der Waals surface area (Å²) in [5.74, 6) is 0.0995. The number of aromatic nitrogens is 2. The molecule has 0 spiro atoms. The van der Waals surface area contributed by atoms with Gasteiger partial charge in [-0.25, -0.2) is 14.4 Å². The molecule has 0 unspecified atom stereocenters. The summed E-state index contributed by atoms with van der Waals surface area (Å²) in [6.07, 6.45) is 1.19. The monoisotopic (exact) mass is 161 g/mol. The largest absolute Gasteiger partial charge is 0.383 e. The van der Waals surface area contributed by atoms with E-state index in [2.05, 4.69) is 9.97 Å². The van der Waals surface area contributed by atoms with Gasteiger partial charge in [-0.2, -0.15) is 0 Å². The Kier molecular flexibility index (Phi) is 2.01. The molecule has 0 aromatic carbocycles. The van der Waals surface area contributed by atoms with Crippen LogP contribution in [0.15, 0.2) is 6.33 Å². The second-order valence-corrected chi connectivity index (χ2v) is 2.02. The average Bonchev–Trinajstić information content (AvgIpc) is 1.88. The number of halogens is 2. The maximum absolute atomic E-state index is 12.0. The summed E-state index contributed by atoms with van der Waals surface area (Å²) in [7, 11) is 0. The van der Waals surface area contributed by atoms with Crippen molar-refractivity contribution in [1.82, 2.24) is 9.97 Å². The number of anilines is 1. The van der Waals surface area contributed by atoms with Crippen LogP contribution < -0.4 is 5.73 Å². The van der Waals surface area contributed by atoms with E-state index in [0.29, 0.717) is 0 Å². The topological polar surface area (TPSA) is 51.8 Å². The molecule has 0 aliphatic heterocycles. The minimum absolute atomic E-state index is 0.0787. The van der Waals surface area contributed by atoms with Gasteiger partial charge in [0.15, 0.2) is 0 Å². The van der Waals surface area contributed by atoms with Crippen molar-refractivity contribution in [2.45, 2.75) is 6.67 Å². The Morgan fingerprint density at radius 2 is 2.30 bits per heavy atom. The molecule has 0 saturated heterocycles. The lowest BCUT2D eigenvalue weighted by molar-refractivity contribution is 0.484. The number of nitrogens with two attached hydrogens (primary N) is 1. The van der Waals surface area contributed by atoms with Crippen LogP contribution in [-0.4, -0.2) is 9.97 Å². The molecule has 0 aliphatic rings. The maximum Gasteiger partial charge on any atom is 0.140 e. The maximum atomic E-state index is 12.0. The van der Waals surface area contributed by atoms with E-state index in [0.717, 1.165) is 0 Å². The SMILES string of the molecule is Nc1ncnc(Cl)c1CF. The molecule has 0 amide bonds. The molecule has 3 nitrogen and oxygen atoms in total. The minimum atomic E-state index is -0.731. The summed E-state index contributed by atoms with van der Waals surface area (Å²) in [4.78, 5) is 7.10. The summed E-state index contributed by atoms with van der Waals surface area (Å²) in [6.45, 7) is -0.731. The van der Waals surface area contributed by atoms with Crippen LogP contribution in [-0.2, 0) is 6.67 Å². The van der Waals surface area contributed by atoms with E-state index < -0.39 is 6.67 Å². The van der Waals surface area contributed by atoms with Gasteiger partial charge in [0.05, 0.1) is 5.56 Å². The quantitative estimate of drug-likeness (QED) is 0.630. The molecule has 10 heavy (non-hydrogen) atoms. The molecule has 0 bridgehead atoms. The molecule has 0 aliphatic carbocycles. The highest BCUT2D eigenvalue weighted by Gasteiger charge is 2.04. The lowest BCUT2D eigenvalue weighted by atomic mass is 10.3. The summed E-state index contributed by atoms with van der Waals surface area (Å²) < 4.78 is 12.0. The molecule has 5 heteroatoms. The summed E-state index contributed by atoms with van der Waals surface area (Å²) in [6, 6.07) is 0. The molecule has 0 atom stereocenters. The van der Waals surface area contributed by atoms with Gasteiger partial charge in [-0.3, -0.25) is 0 Å². The summed E-state index contributed by atoms with van der Waals surface area (Å²) in [5, 5.41) is 0.0787. The van der Waals surface area contributed by atoms with Gasteiger partial charge in [-0.1, -0.05) is 11.6 Å². The lowest BCUT2D eigenvalue weighted by Gasteiger charge is -1.98. The number of rotatable bonds is 1. The zero-order valence-electron chi connectivity index (χ0n) is 5.01. The predicted molar refractivity (Wildman–Crippen MR) is 36.3 cm³/mol. The molecule has 0 fully saturated rings. The van der Waals surface area contributed by atoms with Crippen LogP contribution in [0.3, 0.4) is 0 Å². The smallest absolute Gasteiger partial charge is 0.140 e. The van der Waals surface area contributed by atoms with Crippen LogP contribution in [0, 0.1) is 0 Å². The van der Waals surface area contributed by atoms with Crippen molar-refractivity contribution >= 4 is 17.4 Å². The van der Waals surface area contributed by atoms with Gasteiger partial charge in [-0.15, -0.1) is 0 Å². The zero-order valence-corrected chi connectivity index (χ0v) is 5.77. The zero-order chi connectivity index (χ0) is 7.56. The van der Waals surface area contributed by atoms with Crippen molar-refractivity contribution in [3.63, 3.8) is 0 Å². The van der Waals surface area contributed by atoms with Crippen LogP contribution in [0.25, 0.3) is 0 Å². The van der Waals surface area contributed by atoms with Crippen molar-refractivity contribution in [3.8, 4) is 0 Å². The Morgan fingerprint density at radius 3 is 2.70 bits per heavy atom. The highest BCUT2D eigenvalue weighted by atomic mass is 35.5. The van der Waals surface area contributed by atoms with Crippen LogP contribution in [0.1, 0.15) is 5.56 Å². The van der Waals surface area contributed by atoms with Gasteiger partial charge in [-0.05, 0) is 0 Å². The van der Waals surface area contributed by atoms with Crippen molar-refractivity contribution in [2.75, 3.05) is 5.73 Å². The highest BCUT2D eigenvalue weighted by molar-refractivity contribution is 6.30. The first kappa shape index (κ1) is 7.21. The average molecular weight is 162 g/mol. The third-order valence-corrected chi connectivity index (χ3v) is 1.39. The van der Waals surface area contributed by atoms with Crippen LogP contribution in [0.5, 0.6) is 0 Å². The van der Waals surface area contributed by atoms with Crippen molar-refractivity contribution in [2.24, 2.45) is 0 Å². The van der Waals surface area contributed by atoms with E-state index in [1.54, 1.807) is 0 Å². The number of nitrogens with zero attached hydrogens (tertiary/aromatic N) is 2. The van der Waals surface area contributed by atoms with Gasteiger partial charge in [0.25, 0.3) is 0 Å². The van der Waals surface area contributed by atoms with E-state index >= 15 is 0 Å². The van der Waals surface area contributed by atoms with Crippen molar-refractivity contribution < 1.29 is 4.39 Å². The van der Waals surface area contributed by atoms with Crippen LogP contribution >= 0.6 is 11.6 Å². The standard InChI is InChI=1S/C5H5ClFN3/c6-4-3(1-7)5(8)10-2-9-4/h2H,1H2,(H2,8,9,10). The number of hydrogen-bond donors (Lipinski definition) is 1. The van der Waals surface area contributed by atoms with Gasteiger partial charge in [0.2, 0.25) is 0 Å². The Morgan fingerprint density at radius 1 is 1.60 bits per heavy atom. The first-order chi connectivity index (χ1) is 4.75. The molecular weight excluding hydrogens is 157 g/mol. The molecule has 1 aromatic rings. The van der Waals surface area contributed by atoms with E-state index in [1.807, 2.05) is 0 Å². The van der Waals surface area contributed by atoms with Crippen molar-refractivity contribution in [3.05, 3.63) is 17.0 Å². The van der Waals surface area contributed by atoms with E-state index in [-0.39, 0.29) is 16.5 Å². The van der Waals surface area contributed by atoms with Gasteiger partial charge in [0, 0.05) is 0 Å². The highest BCUT2D eigenvalue weighted by Crippen LogP contribution is 2.17. The third-order valence-electron chi connectivity index (χ3n) is 1.06. The fourth-order valence-corrected chi connectivity index (χ4v) is 0.718. The summed E-state index contributed by atoms with van der Waals surface area (Å²) in [5.41, 5.74) is 5.41. The van der Waals surface area contributed by atoms with Crippen LogP contribution in [0.4, 0.5) is 10.2 Å². The number of nitrogen functional groups attached to an aromatic ring is 1. The lowest BCUT2D eigenvalue weighted by Crippen LogP contribution is -1.97. The molecular formula is C5H5ClFN3. The van der Waals surface area contributed by atoms with Gasteiger partial charge in [0.1, 0.15) is 24.0 Å². The molecule has 54 valence electrons. The first-order valence-corrected chi connectivity index (χ1v) is 2.94. The minimum Gasteiger partial charge on any atom is -0.383 e. The fraction of sp³-hybridized carbons (Fsp3) is 0.200. The Hall–Kier alpha value is -0.900. The summed E-state index contributed by atoms with van der Waals surface area (Å²) >= 11 is 5.46. The van der Waals surface area contributed by atoms with E-state index in [1.165, 1.54) is 6.33 Å². The van der Waals surface area contributed by atoms with Gasteiger partial charge >= 0.3 is 0 Å². The molecule has 1 heterocycles. The fourth-order valence-electron chi connectivity index (χ4n) is 0.527. The second-order valence-electron chi connectivity index (χ2n) is 1.66. The number of alkyl halides is 1. The van der Waals surface area contributed by atoms with Crippen molar-refractivity contribution in [1.29, 1.82) is 0 Å². The van der Waals surface area contributed by atoms with E-state index in [9.17, 15) is 4.39 Å². The molecule has 0 radical (unpaired) electrons. The van der Waals surface area contributed by atoms with E-state index in [4.69, 9.17) is 17.3 Å². The van der Waals surface area contributed by atoms with Gasteiger partial charge < -0.3 is 5.73 Å². The molecule has 0 saturated carbocycles. The van der Waals surface area contributed by atoms with Crippen LogP contribution in [0.2, 0.25) is 5.15 Å². The molecule has 2 N–H and O–H groups in total. The second kappa shape index (κ2) is 2.79. The first-order valence-electron chi connectivity index (χ1n) is 2.56. The third kappa shape index (κ3) is 1.16. The normalized spacial score (nSPS) is 9.80. The predicted octanol–water partition coefficient (Wildman–Crippen LogP) is 1.18. The molecule has 1 rings (SSSR count).